The van der Waals surface area contributed by atoms with E-state index in [1.54, 1.807) is 6.20 Å². The first-order valence-corrected chi connectivity index (χ1v) is 8.91. The second-order valence-corrected chi connectivity index (χ2v) is 8.92. The molecular weight excluding hydrogens is 309 g/mol. The molecule has 1 aliphatic rings. The second kappa shape index (κ2) is 5.96. The van der Waals surface area contributed by atoms with E-state index >= 15 is 0 Å². The summed E-state index contributed by atoms with van der Waals surface area (Å²) in [5.74, 6) is 0. The Bertz CT molecular complexity index is 747. The van der Waals surface area contributed by atoms with Gasteiger partial charge in [-0.15, -0.1) is 0 Å². The Hall–Kier alpha value is -1.65. The van der Waals surface area contributed by atoms with E-state index in [2.05, 4.69) is 77.7 Å². The van der Waals surface area contributed by atoms with Gasteiger partial charge in [0, 0.05) is 12.4 Å². The van der Waals surface area contributed by atoms with Crippen molar-refractivity contribution in [3.8, 4) is 11.1 Å². The van der Waals surface area contributed by atoms with Crippen LogP contribution < -0.4 is 5.46 Å². The van der Waals surface area contributed by atoms with E-state index in [1.165, 1.54) is 5.56 Å². The molecule has 0 radical (unpaired) electrons. The zero-order chi connectivity index (χ0) is 18.5. The van der Waals surface area contributed by atoms with Crippen LogP contribution in [-0.4, -0.2) is 23.3 Å². The highest BCUT2D eigenvalue weighted by Crippen LogP contribution is 2.37. The average molecular weight is 337 g/mol. The van der Waals surface area contributed by atoms with Gasteiger partial charge in [-0.1, -0.05) is 45.0 Å². The molecule has 0 aliphatic carbocycles. The van der Waals surface area contributed by atoms with E-state index in [9.17, 15) is 0 Å². The van der Waals surface area contributed by atoms with E-state index in [-0.39, 0.29) is 23.7 Å². The Morgan fingerprint density at radius 3 is 2.08 bits per heavy atom. The fourth-order valence-corrected chi connectivity index (χ4v) is 2.90. The molecule has 132 valence electrons. The maximum Gasteiger partial charge on any atom is 0.494 e. The van der Waals surface area contributed by atoms with E-state index in [0.717, 1.165) is 16.6 Å². The molecule has 25 heavy (non-hydrogen) atoms. The fourth-order valence-electron chi connectivity index (χ4n) is 2.90. The molecule has 3 rings (SSSR count). The number of rotatable bonds is 2. The standard InChI is InChI=1S/C21H28BNO2/c1-19(2,3)17-11-16(15-9-8-10-23-14-15)12-18(13-17)22-24-20(4,5)21(6,7)25-22/h8-14H,1-7H3. The van der Waals surface area contributed by atoms with Gasteiger partial charge in [0.15, 0.2) is 0 Å². The maximum atomic E-state index is 6.27. The van der Waals surface area contributed by atoms with Crippen LogP contribution in [0.3, 0.4) is 0 Å². The van der Waals surface area contributed by atoms with Crippen molar-refractivity contribution >= 4 is 12.6 Å². The number of hydrogen-bond acceptors (Lipinski definition) is 3. The molecular formula is C21H28BNO2. The molecule has 1 saturated heterocycles. The van der Waals surface area contributed by atoms with Gasteiger partial charge in [0.1, 0.15) is 0 Å². The summed E-state index contributed by atoms with van der Waals surface area (Å²) < 4.78 is 12.5. The smallest absolute Gasteiger partial charge is 0.399 e. The van der Waals surface area contributed by atoms with Crippen LogP contribution in [0.1, 0.15) is 54.0 Å². The van der Waals surface area contributed by atoms with Crippen molar-refractivity contribution in [2.24, 2.45) is 0 Å². The van der Waals surface area contributed by atoms with Crippen molar-refractivity contribution in [3.05, 3.63) is 48.3 Å². The van der Waals surface area contributed by atoms with Gasteiger partial charge < -0.3 is 9.31 Å². The third-order valence-electron chi connectivity index (χ3n) is 5.34. The molecule has 1 fully saturated rings. The zero-order valence-electron chi connectivity index (χ0n) is 16.4. The van der Waals surface area contributed by atoms with E-state index in [4.69, 9.17) is 9.31 Å². The van der Waals surface area contributed by atoms with Crippen LogP contribution in [0.5, 0.6) is 0 Å². The highest BCUT2D eigenvalue weighted by Gasteiger charge is 2.51. The Morgan fingerprint density at radius 1 is 0.920 bits per heavy atom. The summed E-state index contributed by atoms with van der Waals surface area (Å²) in [6.07, 6.45) is 3.70. The van der Waals surface area contributed by atoms with Gasteiger partial charge in [-0.2, -0.15) is 0 Å². The molecule has 1 aromatic heterocycles. The number of hydrogen-bond donors (Lipinski definition) is 0. The normalized spacial score (nSPS) is 19.2. The fraction of sp³-hybridized carbons (Fsp3) is 0.476. The lowest BCUT2D eigenvalue weighted by Gasteiger charge is -2.32. The minimum atomic E-state index is -0.359. The summed E-state index contributed by atoms with van der Waals surface area (Å²) in [5.41, 5.74) is 3.92. The second-order valence-electron chi connectivity index (χ2n) is 8.92. The Morgan fingerprint density at radius 2 is 1.56 bits per heavy atom. The van der Waals surface area contributed by atoms with Gasteiger partial charge in [0.25, 0.3) is 0 Å². The van der Waals surface area contributed by atoms with E-state index < -0.39 is 0 Å². The number of benzene rings is 1. The summed E-state index contributed by atoms with van der Waals surface area (Å²) in [4.78, 5) is 4.26. The first-order valence-electron chi connectivity index (χ1n) is 8.91. The van der Waals surface area contributed by atoms with Crippen molar-refractivity contribution in [1.82, 2.24) is 4.98 Å². The quantitative estimate of drug-likeness (QED) is 0.764. The van der Waals surface area contributed by atoms with Gasteiger partial charge in [0.2, 0.25) is 0 Å². The van der Waals surface area contributed by atoms with Crippen LogP contribution in [0.4, 0.5) is 0 Å². The third-order valence-corrected chi connectivity index (χ3v) is 5.34. The third kappa shape index (κ3) is 3.51. The molecule has 0 saturated carbocycles. The summed E-state index contributed by atoms with van der Waals surface area (Å²) in [7, 11) is -0.359. The number of aromatic nitrogens is 1. The van der Waals surface area contributed by atoms with Crippen molar-refractivity contribution in [3.63, 3.8) is 0 Å². The van der Waals surface area contributed by atoms with Crippen LogP contribution in [0.25, 0.3) is 11.1 Å². The van der Waals surface area contributed by atoms with Crippen molar-refractivity contribution in [2.45, 2.75) is 65.1 Å². The van der Waals surface area contributed by atoms with Crippen molar-refractivity contribution < 1.29 is 9.31 Å². The van der Waals surface area contributed by atoms with Crippen LogP contribution in [0.2, 0.25) is 0 Å². The lowest BCUT2D eigenvalue weighted by Crippen LogP contribution is -2.41. The molecule has 0 unspecified atom stereocenters. The summed E-state index contributed by atoms with van der Waals surface area (Å²) in [6, 6.07) is 10.7. The molecule has 2 aromatic rings. The molecule has 0 amide bonds. The Balaban J connectivity index is 2.08. The highest BCUT2D eigenvalue weighted by molar-refractivity contribution is 6.62. The molecule has 0 N–H and O–H groups in total. The van der Waals surface area contributed by atoms with Crippen LogP contribution in [-0.2, 0) is 14.7 Å². The Labute approximate surface area is 151 Å². The lowest BCUT2D eigenvalue weighted by molar-refractivity contribution is 0.00578. The minimum absolute atomic E-state index is 0.0383. The topological polar surface area (TPSA) is 31.4 Å². The van der Waals surface area contributed by atoms with Gasteiger partial charge in [-0.05, 0) is 61.3 Å². The highest BCUT2D eigenvalue weighted by atomic mass is 16.7. The van der Waals surface area contributed by atoms with Crippen LogP contribution in [0, 0.1) is 0 Å². The predicted octanol–water partition coefficient (Wildman–Crippen LogP) is 4.35. The van der Waals surface area contributed by atoms with E-state index in [0.29, 0.717) is 0 Å². The molecule has 1 aliphatic heterocycles. The monoisotopic (exact) mass is 337 g/mol. The van der Waals surface area contributed by atoms with Gasteiger partial charge in [0.05, 0.1) is 11.2 Å². The van der Waals surface area contributed by atoms with Crippen LogP contribution in [0.15, 0.2) is 42.7 Å². The molecule has 4 heteroatoms. The van der Waals surface area contributed by atoms with Crippen LogP contribution >= 0.6 is 0 Å². The van der Waals surface area contributed by atoms with Gasteiger partial charge in [-0.25, -0.2) is 0 Å². The minimum Gasteiger partial charge on any atom is -0.399 e. The van der Waals surface area contributed by atoms with E-state index in [1.807, 2.05) is 12.3 Å². The molecule has 0 spiro atoms. The predicted molar refractivity (Wildman–Crippen MR) is 104 cm³/mol. The van der Waals surface area contributed by atoms with Gasteiger partial charge in [-0.3, -0.25) is 4.98 Å². The molecule has 1 aromatic carbocycles. The summed E-state index contributed by atoms with van der Waals surface area (Å²) in [6.45, 7) is 15.0. The average Bonchev–Trinajstić information content (AvgIpc) is 2.75. The lowest BCUT2D eigenvalue weighted by atomic mass is 9.74. The number of pyridine rings is 1. The van der Waals surface area contributed by atoms with Gasteiger partial charge >= 0.3 is 7.12 Å². The summed E-state index contributed by atoms with van der Waals surface area (Å²) in [5, 5.41) is 0. The summed E-state index contributed by atoms with van der Waals surface area (Å²) >= 11 is 0. The molecule has 0 bridgehead atoms. The molecule has 3 nitrogen and oxygen atoms in total. The maximum absolute atomic E-state index is 6.27. The number of nitrogens with zero attached hydrogens (tertiary/aromatic N) is 1. The SMILES string of the molecule is CC(C)(C)c1cc(B2OC(C)(C)C(C)(C)O2)cc(-c2cccnc2)c1. The Kier molecular flexibility index (Phi) is 4.33. The largest absolute Gasteiger partial charge is 0.494 e. The van der Waals surface area contributed by atoms with Crippen molar-refractivity contribution in [2.75, 3.05) is 0 Å². The first kappa shape index (κ1) is 18.2. The first-order chi connectivity index (χ1) is 11.5. The zero-order valence-corrected chi connectivity index (χ0v) is 16.4. The van der Waals surface area contributed by atoms with Crippen molar-refractivity contribution in [1.29, 1.82) is 0 Å². The molecule has 2 heterocycles. The molecule has 0 atom stereocenters.